The molecule has 2 saturated heterocycles. The number of para-hydroxylation sites is 1. The minimum Gasteiger partial charge on any atom is -0.493 e. The Balaban J connectivity index is 1.44. The predicted molar refractivity (Wildman–Crippen MR) is 193 cm³/mol. The fourth-order valence-electron chi connectivity index (χ4n) is 7.47. The van der Waals surface area contributed by atoms with Gasteiger partial charge in [-0.05, 0) is 76.6 Å². The second kappa shape index (κ2) is 16.6. The molecule has 0 bridgehead atoms. The molecular formula is C39H45F6N3O7S. The van der Waals surface area contributed by atoms with E-state index in [1.807, 2.05) is 0 Å². The molecule has 0 radical (unpaired) electrons. The highest BCUT2D eigenvalue weighted by Gasteiger charge is 2.57. The van der Waals surface area contributed by atoms with Gasteiger partial charge in [-0.1, -0.05) is 42.9 Å². The maximum Gasteiger partial charge on any atom is 0.425 e. The van der Waals surface area contributed by atoms with Crippen LogP contribution in [0.4, 0.5) is 26.3 Å². The number of carbonyl (C=O) groups is 3. The molecule has 3 aromatic rings. The normalized spacial score (nSPS) is 20.4. The Morgan fingerprint density at radius 2 is 1.66 bits per heavy atom. The molecule has 5 rings (SSSR count). The number of likely N-dealkylation sites (tertiary alicyclic amines) is 2. The number of carboxylic acids is 1. The molecule has 0 aliphatic carbocycles. The van der Waals surface area contributed by atoms with Crippen LogP contribution in [0.5, 0.6) is 10.8 Å². The zero-order valence-electron chi connectivity index (χ0n) is 31.2. The third kappa shape index (κ3) is 9.09. The van der Waals surface area contributed by atoms with Gasteiger partial charge in [0.1, 0.15) is 10.6 Å². The van der Waals surface area contributed by atoms with Crippen molar-refractivity contribution in [3.8, 4) is 10.8 Å². The Morgan fingerprint density at radius 1 is 0.964 bits per heavy atom. The van der Waals surface area contributed by atoms with Crippen LogP contribution in [0.1, 0.15) is 98.5 Å². The second-order valence-corrected chi connectivity index (χ2v) is 15.9. The van der Waals surface area contributed by atoms with Gasteiger partial charge in [0.05, 0.1) is 34.8 Å². The van der Waals surface area contributed by atoms with Crippen LogP contribution in [-0.2, 0) is 27.5 Å². The average molecular weight is 814 g/mol. The van der Waals surface area contributed by atoms with E-state index in [0.717, 1.165) is 29.4 Å². The molecule has 2 N–H and O–H groups in total. The Bertz CT molecular complexity index is 1880. The van der Waals surface area contributed by atoms with Gasteiger partial charge in [-0.15, -0.1) is 0 Å². The topological polar surface area (TPSA) is 130 Å². The van der Waals surface area contributed by atoms with E-state index in [0.29, 0.717) is 36.6 Å². The van der Waals surface area contributed by atoms with Crippen LogP contribution in [-0.4, -0.2) is 80.7 Å². The summed E-state index contributed by atoms with van der Waals surface area (Å²) in [5.74, 6) is -2.24. The number of carbonyl (C=O) groups excluding carboxylic acids is 2. The van der Waals surface area contributed by atoms with Crippen molar-refractivity contribution >= 4 is 29.1 Å². The largest absolute Gasteiger partial charge is 0.493 e. The number of halogens is 6. The molecule has 2 atom stereocenters. The number of thiophene rings is 1. The van der Waals surface area contributed by atoms with Gasteiger partial charge in [0.2, 0.25) is 5.60 Å². The fraction of sp³-hybridized carbons (Fsp3) is 0.538. The number of nitrogens with zero attached hydrogens (tertiary/aromatic N) is 3. The number of piperidine rings is 2. The first-order valence-electron chi connectivity index (χ1n) is 18.4. The lowest BCUT2D eigenvalue weighted by Crippen LogP contribution is -2.68. The van der Waals surface area contributed by atoms with Crippen molar-refractivity contribution in [3.63, 3.8) is 0 Å². The van der Waals surface area contributed by atoms with Gasteiger partial charge >= 0.3 is 18.3 Å². The summed E-state index contributed by atoms with van der Waals surface area (Å²) >= 11 is 0.274. The van der Waals surface area contributed by atoms with Crippen molar-refractivity contribution in [2.75, 3.05) is 26.2 Å². The zero-order valence-corrected chi connectivity index (χ0v) is 32.0. The number of carboxylic acid groups (broad SMARTS) is 1. The molecule has 2 aliphatic rings. The van der Waals surface area contributed by atoms with Crippen molar-refractivity contribution in [1.82, 2.24) is 14.8 Å². The molecule has 2 aromatic heterocycles. The van der Waals surface area contributed by atoms with Crippen LogP contribution < -0.4 is 9.47 Å². The van der Waals surface area contributed by atoms with Gasteiger partial charge in [-0.25, -0.2) is 0 Å². The third-order valence-corrected chi connectivity index (χ3v) is 11.6. The lowest BCUT2D eigenvalue weighted by Gasteiger charge is -2.51. The number of rotatable bonds is 13. The van der Waals surface area contributed by atoms with Crippen molar-refractivity contribution in [2.24, 2.45) is 5.41 Å². The van der Waals surface area contributed by atoms with Crippen LogP contribution in [0.25, 0.3) is 0 Å². The van der Waals surface area contributed by atoms with Crippen LogP contribution in [0.15, 0.2) is 54.9 Å². The molecule has 0 saturated carbocycles. The van der Waals surface area contributed by atoms with E-state index in [-0.39, 0.29) is 74.7 Å². The van der Waals surface area contributed by atoms with Crippen LogP contribution in [0.2, 0.25) is 0 Å². The highest BCUT2D eigenvalue weighted by Crippen LogP contribution is 2.45. The number of aliphatic carboxylic acids is 1. The summed E-state index contributed by atoms with van der Waals surface area (Å²) in [5, 5.41) is 21.1. The standard InChI is InChI=1S/C39H45F6N3O7S/c1-4-9-29-37(55-31-13-12-30(56-31)39(43,44)45,16-7-20-48(29)32(49)25-24-46-19-14-26(25)38(40,41)42)33(50)47-21-17-36(53,18-22-47)27-10-5-6-11-28(27)54-23-8-15-35(2,3)34(51)52/h5-6,10-14,19,24,29,53H,4,7-9,15-18,20-23H2,1-3H3,(H,51,52)/t29-,37+/m1/s1. The van der Waals surface area contributed by atoms with Crippen molar-refractivity contribution in [1.29, 1.82) is 0 Å². The Kier molecular flexibility index (Phi) is 12.7. The first-order valence-corrected chi connectivity index (χ1v) is 19.2. The van der Waals surface area contributed by atoms with E-state index >= 15 is 0 Å². The summed E-state index contributed by atoms with van der Waals surface area (Å²) in [6, 6.07) is 8.24. The maximum absolute atomic E-state index is 14.9. The van der Waals surface area contributed by atoms with Crippen LogP contribution >= 0.6 is 11.3 Å². The number of alkyl halides is 6. The van der Waals surface area contributed by atoms with Gasteiger partial charge < -0.3 is 29.5 Å². The molecule has 56 heavy (non-hydrogen) atoms. The number of pyridine rings is 1. The quantitative estimate of drug-likeness (QED) is 0.131. The Morgan fingerprint density at radius 3 is 2.29 bits per heavy atom. The first-order chi connectivity index (χ1) is 26.2. The van der Waals surface area contributed by atoms with Crippen molar-refractivity contribution < 1.29 is 60.4 Å². The molecule has 2 aliphatic heterocycles. The molecular weight excluding hydrogens is 768 g/mol. The minimum absolute atomic E-state index is 0.0180. The number of amides is 2. The number of hydrogen-bond donors (Lipinski definition) is 2. The summed E-state index contributed by atoms with van der Waals surface area (Å²) in [6.07, 6.45) is -6.61. The number of ether oxygens (including phenoxy) is 2. The smallest absolute Gasteiger partial charge is 0.425 e. The number of aromatic nitrogens is 1. The van der Waals surface area contributed by atoms with E-state index < -0.39 is 68.8 Å². The minimum atomic E-state index is -4.90. The lowest BCUT2D eigenvalue weighted by molar-refractivity contribution is -0.163. The average Bonchev–Trinajstić information content (AvgIpc) is 3.63. The third-order valence-electron chi connectivity index (χ3n) is 10.6. The predicted octanol–water partition coefficient (Wildman–Crippen LogP) is 8.18. The fourth-order valence-corrected chi connectivity index (χ4v) is 8.27. The van der Waals surface area contributed by atoms with Gasteiger partial charge in [-0.2, -0.15) is 26.3 Å². The Labute approximate surface area is 324 Å². The van der Waals surface area contributed by atoms with Crippen molar-refractivity contribution in [3.05, 3.63) is 76.4 Å². The first kappa shape index (κ1) is 42.8. The van der Waals surface area contributed by atoms with E-state index in [1.165, 1.54) is 4.90 Å². The van der Waals surface area contributed by atoms with Gasteiger partial charge in [0.15, 0.2) is 5.06 Å². The maximum atomic E-state index is 14.9. The summed E-state index contributed by atoms with van der Waals surface area (Å²) < 4.78 is 95.6. The van der Waals surface area contributed by atoms with Crippen molar-refractivity contribution in [2.45, 2.75) is 102 Å². The molecule has 0 unspecified atom stereocenters. The summed E-state index contributed by atoms with van der Waals surface area (Å²) in [6.45, 7) is 5.06. The molecule has 10 nitrogen and oxygen atoms in total. The Hall–Kier alpha value is -4.38. The number of benzene rings is 1. The van der Waals surface area contributed by atoms with E-state index in [4.69, 9.17) is 9.47 Å². The molecule has 2 fully saturated rings. The van der Waals surface area contributed by atoms with Crippen LogP contribution in [0, 0.1) is 5.41 Å². The van der Waals surface area contributed by atoms with E-state index in [2.05, 4.69) is 4.98 Å². The summed E-state index contributed by atoms with van der Waals surface area (Å²) in [7, 11) is 0. The zero-order chi connectivity index (χ0) is 41.1. The summed E-state index contributed by atoms with van der Waals surface area (Å²) in [5.41, 5.74) is -5.89. The molecule has 17 heteroatoms. The SMILES string of the molecule is CCC[C@H]1N(C(=O)c2cnccc2C(F)(F)F)CCC[C@@]1(Oc1ccc(C(F)(F)F)s1)C(=O)N1CCC(O)(c2ccccc2OCCCC(C)(C)C(=O)O)CC1. The van der Waals surface area contributed by atoms with E-state index in [1.54, 1.807) is 45.0 Å². The van der Waals surface area contributed by atoms with E-state index in [9.17, 15) is 50.9 Å². The molecule has 4 heterocycles. The molecule has 2 amide bonds. The van der Waals surface area contributed by atoms with Gasteiger partial charge in [0, 0.05) is 44.0 Å². The highest BCUT2D eigenvalue weighted by molar-refractivity contribution is 7.13. The van der Waals surface area contributed by atoms with Gasteiger partial charge in [-0.3, -0.25) is 19.4 Å². The highest BCUT2D eigenvalue weighted by atomic mass is 32.1. The number of hydrogen-bond acceptors (Lipinski definition) is 8. The summed E-state index contributed by atoms with van der Waals surface area (Å²) in [4.78, 5) is 45.8. The van der Waals surface area contributed by atoms with Gasteiger partial charge in [0.25, 0.3) is 11.8 Å². The molecule has 0 spiro atoms. The monoisotopic (exact) mass is 813 g/mol. The lowest BCUT2D eigenvalue weighted by atomic mass is 9.78. The molecule has 306 valence electrons. The number of aliphatic hydroxyl groups is 1. The molecule has 1 aromatic carbocycles. The second-order valence-electron chi connectivity index (χ2n) is 14.9. The van der Waals surface area contributed by atoms with Crippen LogP contribution in [0.3, 0.4) is 0 Å².